The highest BCUT2D eigenvalue weighted by Gasteiger charge is 2.09. The molecule has 0 atom stereocenters. The van der Waals surface area contributed by atoms with Crippen molar-refractivity contribution in [3.8, 4) is 11.3 Å². The summed E-state index contributed by atoms with van der Waals surface area (Å²) in [5.74, 6) is 0.804. The van der Waals surface area contributed by atoms with E-state index in [9.17, 15) is 0 Å². The van der Waals surface area contributed by atoms with Crippen molar-refractivity contribution in [3.63, 3.8) is 0 Å². The van der Waals surface area contributed by atoms with Crippen LogP contribution in [-0.2, 0) is 0 Å². The first-order valence-corrected chi connectivity index (χ1v) is 8.66. The molecule has 1 N–H and O–H groups in total. The van der Waals surface area contributed by atoms with E-state index in [1.807, 2.05) is 66.7 Å². The molecule has 0 aliphatic heterocycles. The molecule has 26 heavy (non-hydrogen) atoms. The van der Waals surface area contributed by atoms with Crippen LogP contribution in [0.1, 0.15) is 11.1 Å². The van der Waals surface area contributed by atoms with Crippen LogP contribution in [0.3, 0.4) is 0 Å². The zero-order chi connectivity index (χ0) is 17.9. The Hall–Kier alpha value is -3.33. The molecule has 0 fully saturated rings. The summed E-state index contributed by atoms with van der Waals surface area (Å²) in [6.07, 6.45) is 0. The van der Waals surface area contributed by atoms with Crippen LogP contribution in [0, 0.1) is 13.8 Å². The molecule has 0 spiro atoms. The quantitative estimate of drug-likeness (QED) is 0.490. The van der Waals surface area contributed by atoms with Gasteiger partial charge < -0.3 is 4.42 Å². The number of hydrogen-bond donors (Lipinski definition) is 1. The predicted octanol–water partition coefficient (Wildman–Crippen LogP) is 5.64. The summed E-state index contributed by atoms with van der Waals surface area (Å²) in [7, 11) is 0. The van der Waals surface area contributed by atoms with Crippen LogP contribution in [0.2, 0.25) is 0 Å². The molecule has 128 valence electrons. The highest BCUT2D eigenvalue weighted by molar-refractivity contribution is 5.82. The van der Waals surface area contributed by atoms with Gasteiger partial charge in [-0.3, -0.25) is 5.43 Å². The van der Waals surface area contributed by atoms with E-state index in [0.717, 1.165) is 38.9 Å². The van der Waals surface area contributed by atoms with E-state index in [-0.39, 0.29) is 0 Å². The van der Waals surface area contributed by atoms with E-state index in [0.29, 0.717) is 0 Å². The molecule has 0 aliphatic rings. The first-order chi connectivity index (χ1) is 12.7. The third-order valence-corrected chi connectivity index (χ3v) is 4.31. The average Bonchev–Trinajstić information content (AvgIpc) is 2.68. The molecule has 0 bridgehead atoms. The van der Waals surface area contributed by atoms with Crippen molar-refractivity contribution in [2.75, 3.05) is 5.43 Å². The monoisotopic (exact) mass is 340 g/mol. The van der Waals surface area contributed by atoms with E-state index in [4.69, 9.17) is 4.42 Å². The van der Waals surface area contributed by atoms with Gasteiger partial charge in [0.05, 0.1) is 11.0 Å². The molecule has 4 rings (SSSR count). The number of nitrogens with zero attached hydrogens (tertiary/aromatic N) is 1. The Morgan fingerprint density at radius 1 is 0.808 bits per heavy atom. The fourth-order valence-corrected chi connectivity index (χ4v) is 3.10. The SMILES string of the molecule is Cc1cc(C)c2oc(-c3ccccc3)c/c(=N/Nc3ccccc3)c2c1. The van der Waals surface area contributed by atoms with Crippen LogP contribution in [0.5, 0.6) is 0 Å². The Morgan fingerprint density at radius 3 is 2.23 bits per heavy atom. The Labute approximate surface area is 152 Å². The molecule has 0 saturated heterocycles. The van der Waals surface area contributed by atoms with Crippen LogP contribution in [0.25, 0.3) is 22.3 Å². The summed E-state index contributed by atoms with van der Waals surface area (Å²) in [4.78, 5) is 0. The molecule has 0 radical (unpaired) electrons. The Balaban J connectivity index is 1.94. The molecular formula is C23H20N2O. The lowest BCUT2D eigenvalue weighted by molar-refractivity contribution is 0.615. The van der Waals surface area contributed by atoms with Crippen molar-refractivity contribution in [3.05, 3.63) is 95.3 Å². The molecular weight excluding hydrogens is 320 g/mol. The Kier molecular flexibility index (Phi) is 4.28. The summed E-state index contributed by atoms with van der Waals surface area (Å²) in [6.45, 7) is 4.16. The number of nitrogens with one attached hydrogen (secondary N) is 1. The average molecular weight is 340 g/mol. The molecule has 0 amide bonds. The lowest BCUT2D eigenvalue weighted by Crippen LogP contribution is -2.08. The van der Waals surface area contributed by atoms with E-state index in [1.54, 1.807) is 0 Å². The van der Waals surface area contributed by atoms with Crippen molar-refractivity contribution in [2.45, 2.75) is 13.8 Å². The number of fused-ring (bicyclic) bond motifs is 1. The second kappa shape index (κ2) is 6.89. The third-order valence-electron chi connectivity index (χ3n) is 4.31. The molecule has 4 aromatic rings. The molecule has 1 aromatic heterocycles. The maximum absolute atomic E-state index is 6.24. The largest absolute Gasteiger partial charge is 0.456 e. The van der Waals surface area contributed by atoms with E-state index >= 15 is 0 Å². The van der Waals surface area contributed by atoms with Gasteiger partial charge >= 0.3 is 0 Å². The summed E-state index contributed by atoms with van der Waals surface area (Å²) >= 11 is 0. The first-order valence-electron chi connectivity index (χ1n) is 8.66. The van der Waals surface area contributed by atoms with Crippen molar-refractivity contribution in [1.29, 1.82) is 0 Å². The van der Waals surface area contributed by atoms with Gasteiger partial charge in [-0.05, 0) is 43.2 Å². The fraction of sp³-hybridized carbons (Fsp3) is 0.0870. The van der Waals surface area contributed by atoms with Crippen LogP contribution in [-0.4, -0.2) is 0 Å². The van der Waals surface area contributed by atoms with Crippen molar-refractivity contribution >= 4 is 16.7 Å². The number of anilines is 1. The van der Waals surface area contributed by atoms with Gasteiger partial charge in [-0.25, -0.2) is 0 Å². The van der Waals surface area contributed by atoms with Crippen molar-refractivity contribution < 1.29 is 4.42 Å². The van der Waals surface area contributed by atoms with Gasteiger partial charge in [0, 0.05) is 17.0 Å². The standard InChI is InChI=1S/C23H20N2O/c1-16-13-17(2)23-20(14-16)21(25-24-19-11-7-4-8-12-19)15-22(26-23)18-9-5-3-6-10-18/h3-15,24H,1-2H3/b25-21-. The highest BCUT2D eigenvalue weighted by atomic mass is 16.3. The van der Waals surface area contributed by atoms with E-state index in [2.05, 4.69) is 36.5 Å². The maximum atomic E-state index is 6.24. The van der Waals surface area contributed by atoms with Crippen LogP contribution >= 0.6 is 0 Å². The molecule has 0 saturated carbocycles. The third kappa shape index (κ3) is 3.24. The number of para-hydroxylation sites is 1. The molecule has 3 nitrogen and oxygen atoms in total. The minimum Gasteiger partial charge on any atom is -0.456 e. The van der Waals surface area contributed by atoms with Crippen LogP contribution in [0.15, 0.2) is 88.4 Å². The summed E-state index contributed by atoms with van der Waals surface area (Å²) < 4.78 is 6.24. The lowest BCUT2D eigenvalue weighted by atomic mass is 10.1. The molecule has 0 unspecified atom stereocenters. The lowest BCUT2D eigenvalue weighted by Gasteiger charge is -2.08. The molecule has 0 aliphatic carbocycles. The van der Waals surface area contributed by atoms with Gasteiger partial charge in [-0.2, -0.15) is 5.10 Å². The van der Waals surface area contributed by atoms with E-state index in [1.165, 1.54) is 5.56 Å². The molecule has 3 heteroatoms. The predicted molar refractivity (Wildman–Crippen MR) is 107 cm³/mol. The van der Waals surface area contributed by atoms with Crippen LogP contribution in [0.4, 0.5) is 5.69 Å². The number of rotatable bonds is 3. The zero-order valence-corrected chi connectivity index (χ0v) is 14.9. The number of aryl methyl sites for hydroxylation is 2. The van der Waals surface area contributed by atoms with Gasteiger partial charge in [0.25, 0.3) is 0 Å². The Bertz CT molecular complexity index is 1110. The zero-order valence-electron chi connectivity index (χ0n) is 14.9. The Morgan fingerprint density at radius 2 is 1.50 bits per heavy atom. The van der Waals surface area contributed by atoms with Crippen LogP contribution < -0.4 is 10.8 Å². The van der Waals surface area contributed by atoms with Gasteiger partial charge in [0.15, 0.2) is 0 Å². The maximum Gasteiger partial charge on any atom is 0.139 e. The second-order valence-corrected chi connectivity index (χ2v) is 6.41. The molecule has 1 heterocycles. The number of hydrogen-bond acceptors (Lipinski definition) is 3. The second-order valence-electron chi connectivity index (χ2n) is 6.41. The normalized spacial score (nSPS) is 11.7. The topological polar surface area (TPSA) is 37.5 Å². The minimum absolute atomic E-state index is 0.804. The fourth-order valence-electron chi connectivity index (χ4n) is 3.10. The van der Waals surface area contributed by atoms with Gasteiger partial charge in [0.1, 0.15) is 11.3 Å². The first kappa shape index (κ1) is 16.2. The molecule has 3 aromatic carbocycles. The van der Waals surface area contributed by atoms with E-state index < -0.39 is 0 Å². The number of benzene rings is 3. The minimum atomic E-state index is 0.804. The van der Waals surface area contributed by atoms with Gasteiger partial charge in [0.2, 0.25) is 0 Å². The van der Waals surface area contributed by atoms with Crippen molar-refractivity contribution in [2.24, 2.45) is 5.10 Å². The van der Waals surface area contributed by atoms with Gasteiger partial charge in [-0.15, -0.1) is 0 Å². The summed E-state index contributed by atoms with van der Waals surface area (Å²) in [6, 6.07) is 26.3. The summed E-state index contributed by atoms with van der Waals surface area (Å²) in [5.41, 5.74) is 8.30. The van der Waals surface area contributed by atoms with Crippen molar-refractivity contribution in [1.82, 2.24) is 0 Å². The highest BCUT2D eigenvalue weighted by Crippen LogP contribution is 2.25. The van der Waals surface area contributed by atoms with Gasteiger partial charge in [-0.1, -0.05) is 54.6 Å². The summed E-state index contributed by atoms with van der Waals surface area (Å²) in [5, 5.41) is 6.53. The smallest absolute Gasteiger partial charge is 0.139 e.